The summed E-state index contributed by atoms with van der Waals surface area (Å²) in [5.41, 5.74) is 2.82. The summed E-state index contributed by atoms with van der Waals surface area (Å²) in [5.74, 6) is 4.10. The van der Waals surface area contributed by atoms with Crippen LogP contribution in [-0.4, -0.2) is 48.5 Å². The van der Waals surface area contributed by atoms with E-state index in [1.807, 2.05) is 12.1 Å². The number of hydrogen-bond donors (Lipinski definition) is 2. The molecule has 2 fully saturated rings. The van der Waals surface area contributed by atoms with E-state index in [0.29, 0.717) is 41.9 Å². The molecular weight excluding hydrogens is 398 g/mol. The second-order valence-corrected chi connectivity index (χ2v) is 11.2. The van der Waals surface area contributed by atoms with Crippen molar-refractivity contribution in [3.8, 4) is 5.75 Å². The highest BCUT2D eigenvalue weighted by Gasteiger charge is 2.58. The van der Waals surface area contributed by atoms with E-state index < -0.39 is 0 Å². The van der Waals surface area contributed by atoms with Crippen molar-refractivity contribution in [3.05, 3.63) is 53.3 Å². The fourth-order valence-corrected chi connectivity index (χ4v) is 7.54. The number of phenols is 1. The zero-order valence-corrected chi connectivity index (χ0v) is 19.8. The minimum absolute atomic E-state index is 0.0281. The first-order valence-corrected chi connectivity index (χ1v) is 12.5. The first-order valence-electron chi connectivity index (χ1n) is 12.5. The largest absolute Gasteiger partial charge is 0.508 e. The van der Waals surface area contributed by atoms with Gasteiger partial charge in [0, 0.05) is 6.54 Å². The smallest absolute Gasteiger partial charge is 0.115 e. The Morgan fingerprint density at radius 1 is 1.16 bits per heavy atom. The van der Waals surface area contributed by atoms with E-state index in [4.69, 9.17) is 4.74 Å². The number of allylic oxidation sites excluding steroid dienone is 3. The number of ether oxygens (including phenoxy) is 1. The Balaban J connectivity index is 1.42. The third-order valence-corrected chi connectivity index (χ3v) is 9.16. The molecule has 4 unspecified atom stereocenters. The molecule has 4 nitrogen and oxygen atoms in total. The third-order valence-electron chi connectivity index (χ3n) is 9.16. The van der Waals surface area contributed by atoms with Crippen LogP contribution in [0.3, 0.4) is 0 Å². The Kier molecular flexibility index (Phi) is 5.88. The van der Waals surface area contributed by atoms with Crippen molar-refractivity contribution in [2.75, 3.05) is 27.2 Å². The number of benzene rings is 1. The van der Waals surface area contributed by atoms with Crippen LogP contribution < -0.4 is 0 Å². The van der Waals surface area contributed by atoms with Gasteiger partial charge in [-0.2, -0.15) is 0 Å². The highest BCUT2D eigenvalue weighted by Crippen LogP contribution is 2.64. The molecule has 0 aliphatic heterocycles. The van der Waals surface area contributed by atoms with Gasteiger partial charge < -0.3 is 19.8 Å². The van der Waals surface area contributed by atoms with Gasteiger partial charge in [-0.3, -0.25) is 0 Å². The zero-order valence-electron chi connectivity index (χ0n) is 19.8. The van der Waals surface area contributed by atoms with Crippen molar-refractivity contribution >= 4 is 0 Å². The number of aromatic hydroxyl groups is 1. The van der Waals surface area contributed by atoms with Crippen LogP contribution in [0.5, 0.6) is 5.75 Å². The lowest BCUT2D eigenvalue weighted by atomic mass is 9.49. The Morgan fingerprint density at radius 2 is 2.00 bits per heavy atom. The van der Waals surface area contributed by atoms with Crippen molar-refractivity contribution in [1.29, 1.82) is 0 Å². The van der Waals surface area contributed by atoms with Gasteiger partial charge >= 0.3 is 0 Å². The van der Waals surface area contributed by atoms with Crippen LogP contribution in [-0.2, 0) is 11.2 Å². The molecule has 1 aromatic rings. The molecule has 0 heterocycles. The summed E-state index contributed by atoms with van der Waals surface area (Å²) in [6.45, 7) is 4.00. The lowest BCUT2D eigenvalue weighted by Gasteiger charge is -2.55. The van der Waals surface area contributed by atoms with Gasteiger partial charge in [-0.25, -0.2) is 0 Å². The lowest BCUT2D eigenvalue weighted by Crippen LogP contribution is -2.49. The van der Waals surface area contributed by atoms with Crippen molar-refractivity contribution < 1.29 is 14.9 Å². The number of aliphatic hydroxyl groups is 1. The normalized spacial score (nSPS) is 38.1. The van der Waals surface area contributed by atoms with Crippen LogP contribution in [0, 0.1) is 29.1 Å². The van der Waals surface area contributed by atoms with E-state index in [1.54, 1.807) is 0 Å². The number of rotatable bonds is 5. The van der Waals surface area contributed by atoms with E-state index in [0.717, 1.165) is 44.4 Å². The standard InChI is InChI=1S/C28H39NO3/c1-28-17-24(18-4-8-21(9-5-18)32-15-14-29(2)3)27-22-11-7-20(30)16-19(22)6-10-23(27)25(28)12-13-26(28)31/h4,7-9,11,16,18,23-27,30-31H,5-6,10,12-15,17H2,1-3H3/t18?,23?,24-,25?,26+,27?,28+/m1/s1. The van der Waals surface area contributed by atoms with Gasteiger partial charge in [-0.1, -0.05) is 19.1 Å². The number of hydrogen-bond acceptors (Lipinski definition) is 4. The Bertz CT molecular complexity index is 906. The van der Waals surface area contributed by atoms with Crippen LogP contribution in [0.15, 0.2) is 42.2 Å². The summed E-state index contributed by atoms with van der Waals surface area (Å²) in [4.78, 5) is 2.14. The van der Waals surface area contributed by atoms with Crippen molar-refractivity contribution in [3.63, 3.8) is 0 Å². The number of likely N-dealkylation sites (N-methyl/N-ethyl adjacent to an activating group) is 1. The summed E-state index contributed by atoms with van der Waals surface area (Å²) in [6, 6.07) is 6.07. The molecule has 2 N–H and O–H groups in total. The molecular formula is C28H39NO3. The number of fused-ring (bicyclic) bond motifs is 5. The van der Waals surface area contributed by atoms with Gasteiger partial charge in [0.25, 0.3) is 0 Å². The Hall–Kier alpha value is -1.78. The molecule has 2 saturated carbocycles. The monoisotopic (exact) mass is 437 g/mol. The predicted molar refractivity (Wildman–Crippen MR) is 127 cm³/mol. The van der Waals surface area contributed by atoms with E-state index in [2.05, 4.69) is 50.2 Å². The maximum Gasteiger partial charge on any atom is 0.115 e. The minimum atomic E-state index is -0.176. The molecule has 0 amide bonds. The number of phenolic OH excluding ortho intramolecular Hbond substituents is 1. The van der Waals surface area contributed by atoms with Crippen LogP contribution in [0.1, 0.15) is 56.1 Å². The molecule has 4 heteroatoms. The van der Waals surface area contributed by atoms with Crippen LogP contribution in [0.2, 0.25) is 0 Å². The number of aliphatic hydroxyl groups excluding tert-OH is 1. The SMILES string of the molecule is CN(C)CCOC1=CCC([C@H]2C[C@@]3(C)C(CC[C@@H]3O)C3CCc4cc(O)ccc4C32)C=C1. The van der Waals surface area contributed by atoms with Crippen molar-refractivity contribution in [2.24, 2.45) is 29.1 Å². The average Bonchev–Trinajstić information content (AvgIpc) is 3.07. The van der Waals surface area contributed by atoms with E-state index in [9.17, 15) is 10.2 Å². The molecule has 0 radical (unpaired) electrons. The highest BCUT2D eigenvalue weighted by atomic mass is 16.5. The third kappa shape index (κ3) is 3.80. The Morgan fingerprint density at radius 3 is 2.75 bits per heavy atom. The summed E-state index contributed by atoms with van der Waals surface area (Å²) in [7, 11) is 4.13. The summed E-state index contributed by atoms with van der Waals surface area (Å²) >= 11 is 0. The fourth-order valence-electron chi connectivity index (χ4n) is 7.54. The summed E-state index contributed by atoms with van der Waals surface area (Å²) in [5, 5.41) is 21.1. The van der Waals surface area contributed by atoms with Gasteiger partial charge in [0.2, 0.25) is 0 Å². The molecule has 32 heavy (non-hydrogen) atoms. The molecule has 0 bridgehead atoms. The molecule has 0 spiro atoms. The second-order valence-electron chi connectivity index (χ2n) is 11.2. The molecule has 7 atom stereocenters. The first kappa shape index (κ1) is 22.0. The number of nitrogens with zero attached hydrogens (tertiary/aromatic N) is 1. The maximum absolute atomic E-state index is 11.0. The average molecular weight is 438 g/mol. The summed E-state index contributed by atoms with van der Waals surface area (Å²) in [6.07, 6.45) is 13.1. The van der Waals surface area contributed by atoms with Crippen molar-refractivity contribution in [1.82, 2.24) is 4.90 Å². The quantitative estimate of drug-likeness (QED) is 0.690. The second kappa shape index (κ2) is 8.53. The minimum Gasteiger partial charge on any atom is -0.508 e. The van der Waals surface area contributed by atoms with Crippen LogP contribution in [0.4, 0.5) is 0 Å². The predicted octanol–water partition coefficient (Wildman–Crippen LogP) is 4.87. The van der Waals surface area contributed by atoms with Gasteiger partial charge in [-0.15, -0.1) is 0 Å². The Labute approximate surface area is 193 Å². The van der Waals surface area contributed by atoms with Crippen molar-refractivity contribution in [2.45, 2.75) is 57.5 Å². The molecule has 1 aromatic carbocycles. The van der Waals surface area contributed by atoms with Crippen LogP contribution in [0.25, 0.3) is 0 Å². The summed E-state index contributed by atoms with van der Waals surface area (Å²) < 4.78 is 5.98. The maximum atomic E-state index is 11.0. The topological polar surface area (TPSA) is 52.9 Å². The molecule has 4 aliphatic rings. The van der Waals surface area contributed by atoms with Gasteiger partial charge in [0.1, 0.15) is 18.1 Å². The molecule has 5 rings (SSSR count). The number of aryl methyl sites for hydroxylation is 1. The van der Waals surface area contributed by atoms with Gasteiger partial charge in [-0.05, 0) is 123 Å². The lowest BCUT2D eigenvalue weighted by molar-refractivity contribution is -0.0568. The molecule has 174 valence electrons. The molecule has 4 aliphatic carbocycles. The van der Waals surface area contributed by atoms with Crippen LogP contribution >= 0.6 is 0 Å². The van der Waals surface area contributed by atoms with E-state index in [1.165, 1.54) is 17.5 Å². The highest BCUT2D eigenvalue weighted by molar-refractivity contribution is 5.41. The molecule has 0 aromatic heterocycles. The van der Waals surface area contributed by atoms with Gasteiger partial charge in [0.05, 0.1) is 6.10 Å². The van der Waals surface area contributed by atoms with E-state index in [-0.39, 0.29) is 11.5 Å². The zero-order chi connectivity index (χ0) is 22.5. The van der Waals surface area contributed by atoms with E-state index >= 15 is 0 Å². The fraction of sp³-hybridized carbons (Fsp3) is 0.643. The molecule has 0 saturated heterocycles. The first-order chi connectivity index (χ1) is 15.4. The van der Waals surface area contributed by atoms with Gasteiger partial charge in [0.15, 0.2) is 0 Å².